The van der Waals surface area contributed by atoms with E-state index in [1.54, 1.807) is 6.33 Å². The number of hydrogen-bond donors (Lipinski definition) is 2. The van der Waals surface area contributed by atoms with Crippen LogP contribution in [0.4, 0.5) is 0 Å². The van der Waals surface area contributed by atoms with Gasteiger partial charge >= 0.3 is 0 Å². The van der Waals surface area contributed by atoms with E-state index in [-0.39, 0.29) is 24.0 Å². The van der Waals surface area contributed by atoms with E-state index in [1.165, 1.54) is 5.56 Å². The maximum Gasteiger partial charge on any atom is 0.191 e. The number of piperidine rings is 1. The van der Waals surface area contributed by atoms with Gasteiger partial charge < -0.3 is 15.2 Å². The van der Waals surface area contributed by atoms with E-state index < -0.39 is 0 Å². The molecule has 0 radical (unpaired) electrons. The number of nitrogens with zero attached hydrogens (tertiary/aromatic N) is 5. The summed E-state index contributed by atoms with van der Waals surface area (Å²) in [5.41, 5.74) is 1.37. The van der Waals surface area contributed by atoms with Gasteiger partial charge in [-0.15, -0.1) is 34.2 Å². The summed E-state index contributed by atoms with van der Waals surface area (Å²) in [6.07, 6.45) is 4.94. The van der Waals surface area contributed by atoms with Crippen molar-refractivity contribution >= 4 is 45.9 Å². The Labute approximate surface area is 198 Å². The second-order valence-corrected chi connectivity index (χ2v) is 8.03. The van der Waals surface area contributed by atoms with Gasteiger partial charge in [0.2, 0.25) is 0 Å². The number of aromatic nitrogens is 3. The van der Waals surface area contributed by atoms with Crippen LogP contribution in [0.1, 0.15) is 31.2 Å². The van der Waals surface area contributed by atoms with Crippen molar-refractivity contribution in [3.8, 4) is 0 Å². The predicted molar refractivity (Wildman–Crippen MR) is 132 cm³/mol. The molecule has 1 aliphatic rings. The molecule has 1 fully saturated rings. The van der Waals surface area contributed by atoms with Crippen LogP contribution in [0.15, 0.2) is 40.1 Å². The molecular weight excluding hydrogens is 545 g/mol. The molecule has 2 N–H and O–H groups in total. The Bertz CT molecular complexity index is 754. The molecule has 1 saturated heterocycles. The molecule has 2 aromatic rings. The highest BCUT2D eigenvalue weighted by Gasteiger charge is 2.20. The molecule has 1 aliphatic heterocycles. The van der Waals surface area contributed by atoms with Crippen LogP contribution in [0, 0.1) is 0 Å². The van der Waals surface area contributed by atoms with Crippen molar-refractivity contribution in [2.75, 3.05) is 26.7 Å². The average molecular weight is 576 g/mol. The van der Waals surface area contributed by atoms with Crippen LogP contribution in [-0.4, -0.2) is 58.3 Å². The molecule has 0 aliphatic carbocycles. The number of benzene rings is 1. The van der Waals surface area contributed by atoms with E-state index in [1.807, 2.05) is 7.05 Å². The van der Waals surface area contributed by atoms with Gasteiger partial charge in [0.25, 0.3) is 0 Å². The Kier molecular flexibility index (Phi) is 10.4. The number of guanidine groups is 1. The molecule has 0 saturated carbocycles. The van der Waals surface area contributed by atoms with Crippen molar-refractivity contribution in [1.82, 2.24) is 30.3 Å². The van der Waals surface area contributed by atoms with Crippen LogP contribution in [0.2, 0.25) is 0 Å². The van der Waals surface area contributed by atoms with E-state index in [2.05, 4.69) is 82.4 Å². The first-order valence-corrected chi connectivity index (χ1v) is 10.8. The van der Waals surface area contributed by atoms with Crippen LogP contribution >= 0.6 is 39.9 Å². The summed E-state index contributed by atoms with van der Waals surface area (Å²) in [6.45, 7) is 6.95. The Morgan fingerprint density at radius 3 is 2.62 bits per heavy atom. The summed E-state index contributed by atoms with van der Waals surface area (Å²) in [5.74, 6) is 1.89. The van der Waals surface area contributed by atoms with Gasteiger partial charge in [0.1, 0.15) is 12.2 Å². The van der Waals surface area contributed by atoms with Crippen molar-refractivity contribution in [2.24, 2.45) is 4.99 Å². The minimum atomic E-state index is 0. The Hall–Kier alpha value is -1.20. The zero-order valence-corrected chi connectivity index (χ0v) is 21.1. The first kappa shape index (κ1) is 24.1. The van der Waals surface area contributed by atoms with Crippen molar-refractivity contribution in [3.63, 3.8) is 0 Å². The number of aryl methyl sites for hydroxylation is 1. The summed E-state index contributed by atoms with van der Waals surface area (Å²) in [5, 5.41) is 15.1. The van der Waals surface area contributed by atoms with Crippen LogP contribution in [0.5, 0.6) is 0 Å². The van der Waals surface area contributed by atoms with Crippen molar-refractivity contribution < 1.29 is 0 Å². The molecule has 7 nitrogen and oxygen atoms in total. The van der Waals surface area contributed by atoms with E-state index in [0.717, 1.165) is 68.2 Å². The Morgan fingerprint density at radius 2 is 1.97 bits per heavy atom. The van der Waals surface area contributed by atoms with Crippen molar-refractivity contribution in [2.45, 2.75) is 45.3 Å². The molecule has 0 unspecified atom stereocenters. The van der Waals surface area contributed by atoms with Crippen molar-refractivity contribution in [3.05, 3.63) is 46.5 Å². The normalized spacial score (nSPS) is 15.8. The summed E-state index contributed by atoms with van der Waals surface area (Å²) in [6, 6.07) is 9.08. The third-order valence-corrected chi connectivity index (χ3v) is 5.66. The maximum absolute atomic E-state index is 4.37. The van der Waals surface area contributed by atoms with E-state index in [9.17, 15) is 0 Å². The van der Waals surface area contributed by atoms with Crippen LogP contribution in [0.25, 0.3) is 0 Å². The number of halogens is 2. The van der Waals surface area contributed by atoms with Gasteiger partial charge in [0.05, 0.1) is 0 Å². The van der Waals surface area contributed by atoms with Gasteiger partial charge in [0.15, 0.2) is 5.96 Å². The second kappa shape index (κ2) is 12.5. The lowest BCUT2D eigenvalue weighted by Crippen LogP contribution is -2.49. The maximum atomic E-state index is 4.37. The molecule has 0 amide bonds. The molecule has 29 heavy (non-hydrogen) atoms. The third kappa shape index (κ3) is 7.53. The standard InChI is InChI=1S/C20H30BrN7.HI/c1-3-19-26-24-15-28(19)13-10-23-20(22-2)25-18-8-11-27(12-9-18)14-16-4-6-17(21)7-5-16;/h4-7,15,18H,3,8-14H2,1-2H3,(H2,22,23,25);1H. The molecule has 0 bridgehead atoms. The lowest BCUT2D eigenvalue weighted by atomic mass is 10.0. The number of nitrogens with one attached hydrogen (secondary N) is 2. The van der Waals surface area contributed by atoms with Gasteiger partial charge in [-0.25, -0.2) is 0 Å². The van der Waals surface area contributed by atoms with Crippen LogP contribution < -0.4 is 10.6 Å². The smallest absolute Gasteiger partial charge is 0.191 e. The largest absolute Gasteiger partial charge is 0.355 e. The minimum Gasteiger partial charge on any atom is -0.355 e. The van der Waals surface area contributed by atoms with Crippen LogP contribution in [0.3, 0.4) is 0 Å². The summed E-state index contributed by atoms with van der Waals surface area (Å²) >= 11 is 3.50. The fraction of sp³-hybridized carbons (Fsp3) is 0.550. The summed E-state index contributed by atoms with van der Waals surface area (Å²) < 4.78 is 3.22. The van der Waals surface area contributed by atoms with E-state index in [4.69, 9.17) is 0 Å². The number of hydrogen-bond acceptors (Lipinski definition) is 4. The molecule has 3 rings (SSSR count). The predicted octanol–water partition coefficient (Wildman–Crippen LogP) is 3.05. The number of rotatable bonds is 7. The van der Waals surface area contributed by atoms with Gasteiger partial charge in [-0.2, -0.15) is 0 Å². The molecule has 160 valence electrons. The zero-order valence-electron chi connectivity index (χ0n) is 17.1. The molecule has 0 spiro atoms. The highest BCUT2D eigenvalue weighted by atomic mass is 127. The molecular formula is C20H31BrIN7. The number of aliphatic imine (C=N–C) groups is 1. The van der Waals surface area contributed by atoms with Gasteiger partial charge in [-0.05, 0) is 30.5 Å². The lowest BCUT2D eigenvalue weighted by molar-refractivity contribution is 0.198. The Balaban J connectivity index is 0.00000300. The highest BCUT2D eigenvalue weighted by molar-refractivity contribution is 14.0. The number of likely N-dealkylation sites (tertiary alicyclic amines) is 1. The third-order valence-electron chi connectivity index (χ3n) is 5.13. The van der Waals surface area contributed by atoms with Crippen LogP contribution in [-0.2, 0) is 19.5 Å². The SMILES string of the molecule is CCc1nncn1CCNC(=NC)NC1CCN(Cc2ccc(Br)cc2)CC1.I. The molecule has 2 heterocycles. The fourth-order valence-electron chi connectivity index (χ4n) is 3.51. The lowest BCUT2D eigenvalue weighted by Gasteiger charge is -2.33. The second-order valence-electron chi connectivity index (χ2n) is 7.11. The summed E-state index contributed by atoms with van der Waals surface area (Å²) in [4.78, 5) is 6.90. The first-order valence-electron chi connectivity index (χ1n) is 9.98. The molecule has 0 atom stereocenters. The van der Waals surface area contributed by atoms with E-state index >= 15 is 0 Å². The molecule has 1 aromatic carbocycles. The monoisotopic (exact) mass is 575 g/mol. The minimum absolute atomic E-state index is 0. The molecule has 1 aromatic heterocycles. The van der Waals surface area contributed by atoms with Gasteiger partial charge in [-0.3, -0.25) is 9.89 Å². The topological polar surface area (TPSA) is 70.4 Å². The zero-order chi connectivity index (χ0) is 19.8. The highest BCUT2D eigenvalue weighted by Crippen LogP contribution is 2.16. The summed E-state index contributed by atoms with van der Waals surface area (Å²) in [7, 11) is 1.83. The van der Waals surface area contributed by atoms with Gasteiger partial charge in [0, 0.05) is 56.7 Å². The average Bonchev–Trinajstić information content (AvgIpc) is 3.18. The van der Waals surface area contributed by atoms with Crippen molar-refractivity contribution in [1.29, 1.82) is 0 Å². The molecule has 9 heteroatoms. The quantitative estimate of drug-likeness (QED) is 0.302. The Morgan fingerprint density at radius 1 is 1.24 bits per heavy atom. The van der Waals surface area contributed by atoms with E-state index in [0.29, 0.717) is 6.04 Å². The fourth-order valence-corrected chi connectivity index (χ4v) is 3.77. The first-order chi connectivity index (χ1) is 13.7. The van der Waals surface area contributed by atoms with Gasteiger partial charge in [-0.1, -0.05) is 35.0 Å².